The second-order valence-corrected chi connectivity index (χ2v) is 4.63. The summed E-state index contributed by atoms with van der Waals surface area (Å²) in [5.41, 5.74) is 1.46. The maximum Gasteiger partial charge on any atom is 0.0435 e. The summed E-state index contributed by atoms with van der Waals surface area (Å²) >= 11 is 2.06. The largest absolute Gasteiger partial charge is 0.298 e. The SMILES string of the molecule is CN1CCSCC1c1ccccc1. The van der Waals surface area contributed by atoms with E-state index in [-0.39, 0.29) is 0 Å². The molecule has 0 bridgehead atoms. The zero-order valence-corrected chi connectivity index (χ0v) is 8.76. The molecule has 0 N–H and O–H groups in total. The lowest BCUT2D eigenvalue weighted by Gasteiger charge is -2.32. The third kappa shape index (κ3) is 2.06. The highest BCUT2D eigenvalue weighted by Gasteiger charge is 2.20. The molecule has 2 heteroatoms. The summed E-state index contributed by atoms with van der Waals surface area (Å²) in [6.07, 6.45) is 0. The average Bonchev–Trinajstić information content (AvgIpc) is 2.20. The van der Waals surface area contributed by atoms with Gasteiger partial charge < -0.3 is 0 Å². The third-order valence-corrected chi connectivity index (χ3v) is 3.60. The Bertz CT molecular complexity index is 260. The Morgan fingerprint density at radius 2 is 2.08 bits per heavy atom. The molecular weight excluding hydrogens is 178 g/mol. The van der Waals surface area contributed by atoms with Crippen LogP contribution in [0.2, 0.25) is 0 Å². The molecule has 1 aliphatic heterocycles. The molecule has 0 radical (unpaired) electrons. The Labute approximate surface area is 84.1 Å². The molecule has 1 aromatic carbocycles. The summed E-state index contributed by atoms with van der Waals surface area (Å²) in [7, 11) is 2.22. The van der Waals surface area contributed by atoms with Crippen molar-refractivity contribution >= 4 is 11.8 Å². The smallest absolute Gasteiger partial charge is 0.0435 e. The summed E-state index contributed by atoms with van der Waals surface area (Å²) < 4.78 is 0. The normalized spacial score (nSPS) is 24.5. The Balaban J connectivity index is 2.15. The highest BCUT2D eigenvalue weighted by Crippen LogP contribution is 2.27. The molecule has 1 atom stereocenters. The highest BCUT2D eigenvalue weighted by atomic mass is 32.2. The van der Waals surface area contributed by atoms with Gasteiger partial charge in [-0.1, -0.05) is 30.3 Å². The van der Waals surface area contributed by atoms with E-state index >= 15 is 0 Å². The molecule has 1 aliphatic rings. The first-order chi connectivity index (χ1) is 6.38. The fraction of sp³-hybridized carbons (Fsp3) is 0.455. The van der Waals surface area contributed by atoms with E-state index in [1.54, 1.807) is 0 Å². The van der Waals surface area contributed by atoms with Crippen LogP contribution in [-0.4, -0.2) is 30.0 Å². The molecule has 1 nitrogen and oxygen atoms in total. The van der Waals surface area contributed by atoms with Crippen LogP contribution >= 0.6 is 11.8 Å². The standard InChI is InChI=1S/C11H15NS/c1-12-7-8-13-9-11(12)10-5-3-2-4-6-10/h2-6,11H,7-9H2,1H3. The maximum atomic E-state index is 2.45. The minimum absolute atomic E-state index is 0.625. The van der Waals surface area contributed by atoms with Gasteiger partial charge >= 0.3 is 0 Å². The van der Waals surface area contributed by atoms with E-state index in [2.05, 4.69) is 54.0 Å². The summed E-state index contributed by atoms with van der Waals surface area (Å²) in [5, 5.41) is 0. The van der Waals surface area contributed by atoms with Crippen LogP contribution in [0, 0.1) is 0 Å². The Morgan fingerprint density at radius 1 is 1.31 bits per heavy atom. The lowest BCUT2D eigenvalue weighted by Crippen LogP contribution is -2.32. The summed E-state index contributed by atoms with van der Waals surface area (Å²) in [4.78, 5) is 2.45. The first kappa shape index (κ1) is 9.10. The minimum atomic E-state index is 0.625. The molecule has 1 saturated heterocycles. The van der Waals surface area contributed by atoms with E-state index in [1.165, 1.54) is 23.6 Å². The van der Waals surface area contributed by atoms with E-state index in [1.807, 2.05) is 0 Å². The molecule has 13 heavy (non-hydrogen) atoms. The van der Waals surface area contributed by atoms with Gasteiger partial charge in [-0.25, -0.2) is 0 Å². The van der Waals surface area contributed by atoms with Crippen LogP contribution < -0.4 is 0 Å². The van der Waals surface area contributed by atoms with Gasteiger partial charge in [0.1, 0.15) is 0 Å². The predicted octanol–water partition coefficient (Wildman–Crippen LogP) is 2.41. The number of nitrogens with zero attached hydrogens (tertiary/aromatic N) is 1. The fourth-order valence-corrected chi connectivity index (χ4v) is 2.97. The number of thioether (sulfide) groups is 1. The van der Waals surface area contributed by atoms with E-state index < -0.39 is 0 Å². The fourth-order valence-electron chi connectivity index (χ4n) is 1.71. The van der Waals surface area contributed by atoms with Gasteiger partial charge in [0, 0.05) is 24.1 Å². The lowest BCUT2D eigenvalue weighted by molar-refractivity contribution is 0.274. The highest BCUT2D eigenvalue weighted by molar-refractivity contribution is 7.99. The van der Waals surface area contributed by atoms with Crippen molar-refractivity contribution in [3.63, 3.8) is 0 Å². The zero-order chi connectivity index (χ0) is 9.10. The van der Waals surface area contributed by atoms with Crippen LogP contribution in [0.5, 0.6) is 0 Å². The van der Waals surface area contributed by atoms with Crippen molar-refractivity contribution < 1.29 is 0 Å². The van der Waals surface area contributed by atoms with Crippen molar-refractivity contribution in [1.29, 1.82) is 0 Å². The van der Waals surface area contributed by atoms with Crippen molar-refractivity contribution in [3.8, 4) is 0 Å². The van der Waals surface area contributed by atoms with Crippen LogP contribution in [-0.2, 0) is 0 Å². The third-order valence-electron chi connectivity index (χ3n) is 2.58. The quantitative estimate of drug-likeness (QED) is 0.674. The number of hydrogen-bond acceptors (Lipinski definition) is 2. The number of benzene rings is 1. The molecule has 0 saturated carbocycles. The number of hydrogen-bond donors (Lipinski definition) is 0. The van der Waals surface area contributed by atoms with Gasteiger partial charge in [-0.2, -0.15) is 11.8 Å². The van der Waals surface area contributed by atoms with E-state index in [0.717, 1.165) is 0 Å². The van der Waals surface area contributed by atoms with E-state index in [9.17, 15) is 0 Å². The van der Waals surface area contributed by atoms with Gasteiger partial charge in [-0.05, 0) is 12.6 Å². The van der Waals surface area contributed by atoms with Crippen molar-refractivity contribution in [2.75, 3.05) is 25.1 Å². The van der Waals surface area contributed by atoms with Gasteiger partial charge in [0.15, 0.2) is 0 Å². The molecule has 1 fully saturated rings. The summed E-state index contributed by atoms with van der Waals surface area (Å²) in [5.74, 6) is 2.51. The zero-order valence-electron chi connectivity index (χ0n) is 7.94. The Hall–Kier alpha value is -0.470. The van der Waals surface area contributed by atoms with Crippen molar-refractivity contribution in [2.24, 2.45) is 0 Å². The van der Waals surface area contributed by atoms with Crippen LogP contribution in [0.3, 0.4) is 0 Å². The van der Waals surface area contributed by atoms with E-state index in [4.69, 9.17) is 0 Å². The second-order valence-electron chi connectivity index (χ2n) is 3.48. The summed E-state index contributed by atoms with van der Waals surface area (Å²) in [6.45, 7) is 1.21. The van der Waals surface area contributed by atoms with Crippen LogP contribution in [0.15, 0.2) is 30.3 Å². The van der Waals surface area contributed by atoms with Crippen LogP contribution in [0.1, 0.15) is 11.6 Å². The topological polar surface area (TPSA) is 3.24 Å². The van der Waals surface area contributed by atoms with Crippen LogP contribution in [0.4, 0.5) is 0 Å². The molecular formula is C11H15NS. The predicted molar refractivity (Wildman–Crippen MR) is 59.1 cm³/mol. The molecule has 0 aromatic heterocycles. The molecule has 2 rings (SSSR count). The van der Waals surface area contributed by atoms with E-state index in [0.29, 0.717) is 6.04 Å². The van der Waals surface area contributed by atoms with Crippen molar-refractivity contribution in [3.05, 3.63) is 35.9 Å². The second kappa shape index (κ2) is 4.16. The van der Waals surface area contributed by atoms with Gasteiger partial charge in [0.25, 0.3) is 0 Å². The maximum absolute atomic E-state index is 2.45. The molecule has 0 aliphatic carbocycles. The summed E-state index contributed by atoms with van der Waals surface area (Å²) in [6, 6.07) is 11.4. The Kier molecular flexibility index (Phi) is 2.91. The molecule has 70 valence electrons. The molecule has 0 spiro atoms. The molecule has 0 amide bonds. The Morgan fingerprint density at radius 3 is 2.77 bits per heavy atom. The van der Waals surface area contributed by atoms with Crippen LogP contribution in [0.25, 0.3) is 0 Å². The first-order valence-electron chi connectivity index (χ1n) is 4.71. The average molecular weight is 193 g/mol. The van der Waals surface area contributed by atoms with Crippen molar-refractivity contribution in [2.45, 2.75) is 6.04 Å². The molecule has 1 unspecified atom stereocenters. The monoisotopic (exact) mass is 193 g/mol. The van der Waals surface area contributed by atoms with Gasteiger partial charge in [0.05, 0.1) is 0 Å². The lowest BCUT2D eigenvalue weighted by atomic mass is 10.1. The van der Waals surface area contributed by atoms with Crippen molar-refractivity contribution in [1.82, 2.24) is 4.90 Å². The van der Waals surface area contributed by atoms with Gasteiger partial charge in [-0.15, -0.1) is 0 Å². The molecule has 1 aromatic rings. The molecule has 1 heterocycles. The number of rotatable bonds is 1. The first-order valence-corrected chi connectivity index (χ1v) is 5.86. The van der Waals surface area contributed by atoms with Gasteiger partial charge in [-0.3, -0.25) is 4.90 Å². The minimum Gasteiger partial charge on any atom is -0.298 e. The van der Waals surface area contributed by atoms with Gasteiger partial charge in [0.2, 0.25) is 0 Å².